The van der Waals surface area contributed by atoms with Crippen LogP contribution >= 0.6 is 7.82 Å². The Morgan fingerprint density at radius 2 is 1.28 bits per heavy atom. The molecule has 2 aromatic carbocycles. The van der Waals surface area contributed by atoms with Crippen LogP contribution in [0.2, 0.25) is 0 Å². The minimum absolute atomic E-state index is 0.266. The molecule has 2 aromatic rings. The molecule has 1 aliphatic carbocycles. The number of phosphoric ester groups is 1. The van der Waals surface area contributed by atoms with Crippen LogP contribution in [-0.4, -0.2) is 6.10 Å². The Morgan fingerprint density at radius 1 is 0.800 bits per heavy atom. The van der Waals surface area contributed by atoms with Crippen molar-refractivity contribution >= 4 is 7.82 Å². The normalized spacial score (nSPS) is 15.8. The zero-order valence-corrected chi connectivity index (χ0v) is 14.5. The molecule has 0 aromatic heterocycles. The first-order chi connectivity index (χ1) is 12.1. The van der Waals surface area contributed by atoms with E-state index in [0.717, 1.165) is 19.3 Å². The molecule has 0 aliphatic heterocycles. The van der Waals surface area contributed by atoms with E-state index in [4.69, 9.17) is 13.6 Å². The monoisotopic (exact) mass is 368 g/mol. The molecule has 0 bridgehead atoms. The molecule has 25 heavy (non-hydrogen) atoms. The first-order valence-electron chi connectivity index (χ1n) is 8.22. The van der Waals surface area contributed by atoms with Gasteiger partial charge >= 0.3 is 7.82 Å². The summed E-state index contributed by atoms with van der Waals surface area (Å²) in [6.45, 7) is 0. The van der Waals surface area contributed by atoms with Crippen LogP contribution in [0, 0.1) is 11.6 Å². The second-order valence-electron chi connectivity index (χ2n) is 5.86. The molecule has 0 spiro atoms. The summed E-state index contributed by atoms with van der Waals surface area (Å²) in [6, 6.07) is 11.0. The third-order valence-electron chi connectivity index (χ3n) is 3.92. The maximum Gasteiger partial charge on any atom is 0.588 e. The van der Waals surface area contributed by atoms with Crippen molar-refractivity contribution in [3.63, 3.8) is 0 Å². The third kappa shape index (κ3) is 4.80. The highest BCUT2D eigenvalue weighted by molar-refractivity contribution is 7.49. The summed E-state index contributed by atoms with van der Waals surface area (Å²) in [5.41, 5.74) is 0. The molecule has 0 atom stereocenters. The van der Waals surface area contributed by atoms with E-state index in [1.54, 1.807) is 0 Å². The molecule has 1 aliphatic rings. The first-order valence-corrected chi connectivity index (χ1v) is 9.68. The van der Waals surface area contributed by atoms with Gasteiger partial charge in [0.25, 0.3) is 0 Å². The average molecular weight is 368 g/mol. The standard InChI is InChI=1S/C18H19F2O4P/c19-15-10-4-6-12-17(15)23-25(21,22-14-8-2-1-3-9-14)24-18-13-7-5-11-16(18)20/h4-7,10-14H,1-3,8-9H2. The summed E-state index contributed by atoms with van der Waals surface area (Å²) in [7, 11) is -4.27. The molecule has 1 fully saturated rings. The Hall–Kier alpha value is -1.91. The van der Waals surface area contributed by atoms with Crippen molar-refractivity contribution in [1.29, 1.82) is 0 Å². The maximum atomic E-state index is 13.9. The first kappa shape index (κ1) is 17.9. The predicted octanol–water partition coefficient (Wildman–Crippen LogP) is 5.88. The van der Waals surface area contributed by atoms with E-state index in [-0.39, 0.29) is 17.6 Å². The lowest BCUT2D eigenvalue weighted by Crippen LogP contribution is -2.19. The van der Waals surface area contributed by atoms with Gasteiger partial charge in [-0.05, 0) is 37.1 Å². The highest BCUT2D eigenvalue weighted by Gasteiger charge is 2.36. The minimum Gasteiger partial charge on any atom is -0.392 e. The molecule has 0 amide bonds. The third-order valence-corrected chi connectivity index (χ3v) is 5.32. The predicted molar refractivity (Wildman–Crippen MR) is 89.6 cm³/mol. The summed E-state index contributed by atoms with van der Waals surface area (Å²) < 4.78 is 57.0. The van der Waals surface area contributed by atoms with Gasteiger partial charge in [0.1, 0.15) is 0 Å². The lowest BCUT2D eigenvalue weighted by molar-refractivity contribution is 0.110. The Kier molecular flexibility index (Phi) is 5.71. The second-order valence-corrected chi connectivity index (χ2v) is 7.33. The molecule has 0 unspecified atom stereocenters. The Morgan fingerprint density at radius 3 is 1.76 bits per heavy atom. The molecule has 134 valence electrons. The Balaban J connectivity index is 1.85. The number of rotatable bonds is 6. The van der Waals surface area contributed by atoms with E-state index in [2.05, 4.69) is 0 Å². The van der Waals surface area contributed by atoms with Crippen molar-refractivity contribution in [2.75, 3.05) is 0 Å². The fourth-order valence-corrected chi connectivity index (χ4v) is 4.17. The smallest absolute Gasteiger partial charge is 0.392 e. The number of benzene rings is 2. The second kappa shape index (κ2) is 7.98. The fourth-order valence-electron chi connectivity index (χ4n) is 2.69. The van der Waals surface area contributed by atoms with Gasteiger partial charge in [-0.1, -0.05) is 43.5 Å². The van der Waals surface area contributed by atoms with Gasteiger partial charge in [0.15, 0.2) is 23.1 Å². The summed E-state index contributed by atoms with van der Waals surface area (Å²) >= 11 is 0. The topological polar surface area (TPSA) is 44.8 Å². The van der Waals surface area contributed by atoms with Gasteiger partial charge < -0.3 is 9.05 Å². The Bertz CT molecular complexity index is 711. The van der Waals surface area contributed by atoms with Crippen molar-refractivity contribution in [2.24, 2.45) is 0 Å². The van der Waals surface area contributed by atoms with Crippen LogP contribution in [0.25, 0.3) is 0 Å². The van der Waals surface area contributed by atoms with Gasteiger partial charge in [0.05, 0.1) is 6.10 Å². The summed E-state index contributed by atoms with van der Waals surface area (Å²) in [5, 5.41) is 0. The van der Waals surface area contributed by atoms with Gasteiger partial charge in [-0.3, -0.25) is 4.52 Å². The van der Waals surface area contributed by atoms with Crippen molar-refractivity contribution in [3.05, 3.63) is 60.2 Å². The SMILES string of the molecule is O=P(Oc1ccccc1F)(Oc1ccccc1F)OC1CCCCC1. The van der Waals surface area contributed by atoms with Gasteiger partial charge in [-0.2, -0.15) is 0 Å². The Labute approximate surface area is 145 Å². The maximum absolute atomic E-state index is 13.9. The number of hydrogen-bond acceptors (Lipinski definition) is 4. The lowest BCUT2D eigenvalue weighted by atomic mass is 9.98. The number of phosphoric acid groups is 1. The van der Waals surface area contributed by atoms with E-state index in [0.29, 0.717) is 12.8 Å². The molecule has 0 N–H and O–H groups in total. The van der Waals surface area contributed by atoms with Gasteiger partial charge in [0, 0.05) is 0 Å². The molecule has 0 radical (unpaired) electrons. The number of para-hydroxylation sites is 2. The van der Waals surface area contributed by atoms with E-state index >= 15 is 0 Å². The molecular formula is C18H19F2O4P. The highest BCUT2D eigenvalue weighted by atomic mass is 31.2. The van der Waals surface area contributed by atoms with Gasteiger partial charge in [-0.25, -0.2) is 13.3 Å². The highest BCUT2D eigenvalue weighted by Crippen LogP contribution is 2.52. The molecule has 7 heteroatoms. The van der Waals surface area contributed by atoms with Crippen molar-refractivity contribution in [2.45, 2.75) is 38.2 Å². The minimum atomic E-state index is -4.27. The van der Waals surface area contributed by atoms with E-state index in [1.165, 1.54) is 48.5 Å². The zero-order valence-electron chi connectivity index (χ0n) is 13.6. The van der Waals surface area contributed by atoms with Crippen LogP contribution in [0.5, 0.6) is 11.5 Å². The van der Waals surface area contributed by atoms with Crippen LogP contribution in [0.1, 0.15) is 32.1 Å². The van der Waals surface area contributed by atoms with Crippen molar-refractivity contribution < 1.29 is 26.9 Å². The lowest BCUT2D eigenvalue weighted by Gasteiger charge is -2.26. The molecule has 4 nitrogen and oxygen atoms in total. The quantitative estimate of drug-likeness (QED) is 0.597. The average Bonchev–Trinajstić information content (AvgIpc) is 2.60. The number of halogens is 2. The summed E-state index contributed by atoms with van der Waals surface area (Å²) in [4.78, 5) is 0. The van der Waals surface area contributed by atoms with Gasteiger partial charge in [0.2, 0.25) is 0 Å². The van der Waals surface area contributed by atoms with Crippen LogP contribution in [0.3, 0.4) is 0 Å². The van der Waals surface area contributed by atoms with Crippen LogP contribution in [0.4, 0.5) is 8.78 Å². The summed E-state index contributed by atoms with van der Waals surface area (Å²) in [6.07, 6.45) is 4.01. The summed E-state index contributed by atoms with van der Waals surface area (Å²) in [5.74, 6) is -1.94. The van der Waals surface area contributed by atoms with E-state index < -0.39 is 19.5 Å². The van der Waals surface area contributed by atoms with Crippen molar-refractivity contribution in [3.8, 4) is 11.5 Å². The van der Waals surface area contributed by atoms with E-state index in [9.17, 15) is 13.3 Å². The molecule has 1 saturated carbocycles. The molecule has 3 rings (SSSR count). The fraction of sp³-hybridized carbons (Fsp3) is 0.333. The molecule has 0 heterocycles. The van der Waals surface area contributed by atoms with Crippen LogP contribution in [0.15, 0.2) is 48.5 Å². The molecule has 0 saturated heterocycles. The van der Waals surface area contributed by atoms with Crippen LogP contribution in [-0.2, 0) is 9.09 Å². The zero-order chi connectivity index (χ0) is 17.7. The van der Waals surface area contributed by atoms with Crippen molar-refractivity contribution in [1.82, 2.24) is 0 Å². The van der Waals surface area contributed by atoms with Gasteiger partial charge in [-0.15, -0.1) is 0 Å². The largest absolute Gasteiger partial charge is 0.588 e. The number of hydrogen-bond donors (Lipinski definition) is 0. The van der Waals surface area contributed by atoms with Crippen LogP contribution < -0.4 is 9.05 Å². The van der Waals surface area contributed by atoms with E-state index in [1.807, 2.05) is 0 Å². The molecular weight excluding hydrogens is 349 g/mol.